The standard InChI is InChI=1S/C18H22F3NO/c19-18(20,21)16-6-4-13(5-7-16)12-14-8-10-22(11-9-14)17(23)15-2-1-3-15/h4-7,14-15H,1-3,8-12H2. The predicted octanol–water partition coefficient (Wildman–Crippen LogP) is 4.29. The molecule has 0 bridgehead atoms. The smallest absolute Gasteiger partial charge is 0.342 e. The molecule has 1 saturated heterocycles. The van der Waals surface area contributed by atoms with Crippen LogP contribution in [0.1, 0.15) is 43.2 Å². The Balaban J connectivity index is 1.49. The molecule has 1 saturated carbocycles. The Morgan fingerprint density at radius 1 is 1.04 bits per heavy atom. The second-order valence-electron chi connectivity index (χ2n) is 6.80. The molecule has 5 heteroatoms. The van der Waals surface area contributed by atoms with E-state index in [4.69, 9.17) is 0 Å². The van der Waals surface area contributed by atoms with Crippen LogP contribution in [0.2, 0.25) is 0 Å². The maximum atomic E-state index is 12.6. The molecule has 0 spiro atoms. The van der Waals surface area contributed by atoms with Gasteiger partial charge in [0.1, 0.15) is 0 Å². The first-order valence-corrected chi connectivity index (χ1v) is 8.38. The van der Waals surface area contributed by atoms with Crippen molar-refractivity contribution in [2.75, 3.05) is 13.1 Å². The number of hydrogen-bond donors (Lipinski definition) is 0. The summed E-state index contributed by atoms with van der Waals surface area (Å²) >= 11 is 0. The fourth-order valence-corrected chi connectivity index (χ4v) is 3.43. The Kier molecular flexibility index (Phi) is 4.64. The van der Waals surface area contributed by atoms with Crippen LogP contribution >= 0.6 is 0 Å². The van der Waals surface area contributed by atoms with E-state index in [1.165, 1.54) is 6.42 Å². The molecular weight excluding hydrogens is 303 g/mol. The second kappa shape index (κ2) is 6.54. The number of amides is 1. The molecule has 2 aliphatic rings. The van der Waals surface area contributed by atoms with Crippen LogP contribution in [-0.2, 0) is 17.4 Å². The molecule has 0 atom stereocenters. The van der Waals surface area contributed by atoms with Crippen molar-refractivity contribution >= 4 is 5.91 Å². The van der Waals surface area contributed by atoms with Gasteiger partial charge >= 0.3 is 6.18 Å². The minimum atomic E-state index is -4.27. The molecule has 0 N–H and O–H groups in total. The summed E-state index contributed by atoms with van der Waals surface area (Å²) < 4.78 is 37.7. The Labute approximate surface area is 134 Å². The van der Waals surface area contributed by atoms with Gasteiger partial charge in [-0.25, -0.2) is 0 Å². The van der Waals surface area contributed by atoms with E-state index < -0.39 is 11.7 Å². The van der Waals surface area contributed by atoms with Crippen LogP contribution in [0.5, 0.6) is 0 Å². The van der Waals surface area contributed by atoms with Gasteiger partial charge in [-0.15, -0.1) is 0 Å². The van der Waals surface area contributed by atoms with Gasteiger partial charge in [0.05, 0.1) is 5.56 Å². The van der Waals surface area contributed by atoms with E-state index in [1.54, 1.807) is 12.1 Å². The molecule has 23 heavy (non-hydrogen) atoms. The van der Waals surface area contributed by atoms with Crippen molar-refractivity contribution in [1.82, 2.24) is 4.90 Å². The van der Waals surface area contributed by atoms with Crippen LogP contribution in [0.15, 0.2) is 24.3 Å². The third kappa shape index (κ3) is 3.88. The van der Waals surface area contributed by atoms with Crippen LogP contribution < -0.4 is 0 Å². The van der Waals surface area contributed by atoms with E-state index in [0.29, 0.717) is 11.8 Å². The average Bonchev–Trinajstić information content (AvgIpc) is 2.46. The van der Waals surface area contributed by atoms with Crippen molar-refractivity contribution in [2.24, 2.45) is 11.8 Å². The normalized spacial score (nSPS) is 20.4. The van der Waals surface area contributed by atoms with Crippen LogP contribution in [0, 0.1) is 11.8 Å². The zero-order valence-corrected chi connectivity index (χ0v) is 13.1. The van der Waals surface area contributed by atoms with Gasteiger partial charge in [0.25, 0.3) is 0 Å². The highest BCUT2D eigenvalue weighted by Gasteiger charge is 2.32. The van der Waals surface area contributed by atoms with Gasteiger partial charge in [0, 0.05) is 19.0 Å². The number of nitrogens with zero attached hydrogens (tertiary/aromatic N) is 1. The lowest BCUT2D eigenvalue weighted by molar-refractivity contribution is -0.139. The largest absolute Gasteiger partial charge is 0.416 e. The van der Waals surface area contributed by atoms with Crippen molar-refractivity contribution in [2.45, 2.75) is 44.7 Å². The monoisotopic (exact) mass is 325 g/mol. The molecule has 1 heterocycles. The van der Waals surface area contributed by atoms with Crippen molar-refractivity contribution in [1.29, 1.82) is 0 Å². The van der Waals surface area contributed by atoms with Gasteiger partial charge in [0.2, 0.25) is 5.91 Å². The average molecular weight is 325 g/mol. The molecular formula is C18H22F3NO. The number of likely N-dealkylation sites (tertiary alicyclic amines) is 1. The van der Waals surface area contributed by atoms with Crippen molar-refractivity contribution in [3.05, 3.63) is 35.4 Å². The van der Waals surface area contributed by atoms with Crippen LogP contribution in [0.25, 0.3) is 0 Å². The van der Waals surface area contributed by atoms with E-state index in [9.17, 15) is 18.0 Å². The summed E-state index contributed by atoms with van der Waals surface area (Å²) in [6.45, 7) is 1.58. The summed E-state index contributed by atoms with van der Waals surface area (Å²) in [4.78, 5) is 14.2. The third-order valence-electron chi connectivity index (χ3n) is 5.19. The minimum absolute atomic E-state index is 0.251. The first-order chi connectivity index (χ1) is 10.9. The van der Waals surface area contributed by atoms with Gasteiger partial charge in [-0.05, 0) is 55.7 Å². The lowest BCUT2D eigenvalue weighted by atomic mass is 9.83. The van der Waals surface area contributed by atoms with E-state index in [-0.39, 0.29) is 5.92 Å². The van der Waals surface area contributed by atoms with Crippen molar-refractivity contribution in [3.63, 3.8) is 0 Å². The molecule has 3 rings (SSSR count). The predicted molar refractivity (Wildman–Crippen MR) is 81.8 cm³/mol. The number of carbonyl (C=O) groups is 1. The summed E-state index contributed by atoms with van der Waals surface area (Å²) in [5.41, 5.74) is 0.351. The van der Waals surface area contributed by atoms with Crippen molar-refractivity contribution < 1.29 is 18.0 Å². The highest BCUT2D eigenvalue weighted by molar-refractivity contribution is 5.79. The topological polar surface area (TPSA) is 20.3 Å². The Hall–Kier alpha value is -1.52. The van der Waals surface area contributed by atoms with E-state index in [2.05, 4.69) is 0 Å². The highest BCUT2D eigenvalue weighted by Crippen LogP contribution is 2.32. The lowest BCUT2D eigenvalue weighted by Gasteiger charge is -2.36. The number of benzene rings is 1. The molecule has 2 fully saturated rings. The van der Waals surface area contributed by atoms with Crippen LogP contribution in [0.4, 0.5) is 13.2 Å². The third-order valence-corrected chi connectivity index (χ3v) is 5.19. The maximum absolute atomic E-state index is 12.6. The van der Waals surface area contributed by atoms with E-state index in [1.807, 2.05) is 4.90 Å². The first kappa shape index (κ1) is 16.3. The maximum Gasteiger partial charge on any atom is 0.416 e. The Morgan fingerprint density at radius 3 is 2.13 bits per heavy atom. The number of alkyl halides is 3. The SMILES string of the molecule is O=C(C1CCC1)N1CCC(Cc2ccc(C(F)(F)F)cc2)CC1. The highest BCUT2D eigenvalue weighted by atomic mass is 19.4. The Bertz CT molecular complexity index is 540. The summed E-state index contributed by atoms with van der Waals surface area (Å²) in [5.74, 6) is 1.02. The molecule has 0 aromatic heterocycles. The molecule has 1 aromatic rings. The summed E-state index contributed by atoms with van der Waals surface area (Å²) in [5, 5.41) is 0. The zero-order chi connectivity index (χ0) is 16.4. The number of rotatable bonds is 3. The van der Waals surface area contributed by atoms with Crippen LogP contribution in [-0.4, -0.2) is 23.9 Å². The molecule has 2 nitrogen and oxygen atoms in total. The molecule has 1 amide bonds. The van der Waals surface area contributed by atoms with Gasteiger partial charge in [-0.3, -0.25) is 4.79 Å². The fourth-order valence-electron chi connectivity index (χ4n) is 3.43. The molecule has 0 radical (unpaired) electrons. The van der Waals surface area contributed by atoms with E-state index >= 15 is 0 Å². The molecule has 0 unspecified atom stereocenters. The Morgan fingerprint density at radius 2 is 1.65 bits per heavy atom. The number of carbonyl (C=O) groups excluding carboxylic acids is 1. The second-order valence-corrected chi connectivity index (χ2v) is 6.80. The minimum Gasteiger partial charge on any atom is -0.342 e. The molecule has 1 aromatic carbocycles. The molecule has 1 aliphatic carbocycles. The molecule has 126 valence electrons. The summed E-state index contributed by atoms with van der Waals surface area (Å²) in [6, 6.07) is 5.47. The van der Waals surface area contributed by atoms with Crippen LogP contribution in [0.3, 0.4) is 0 Å². The summed E-state index contributed by atoms with van der Waals surface area (Å²) in [7, 11) is 0. The first-order valence-electron chi connectivity index (χ1n) is 8.38. The van der Waals surface area contributed by atoms with Crippen molar-refractivity contribution in [3.8, 4) is 0 Å². The lowest BCUT2D eigenvalue weighted by Crippen LogP contribution is -2.43. The fraction of sp³-hybridized carbons (Fsp3) is 0.611. The van der Waals surface area contributed by atoms with Gasteiger partial charge in [0.15, 0.2) is 0 Å². The number of piperidine rings is 1. The molecule has 1 aliphatic heterocycles. The zero-order valence-electron chi connectivity index (χ0n) is 13.1. The van der Waals surface area contributed by atoms with Gasteiger partial charge < -0.3 is 4.90 Å². The van der Waals surface area contributed by atoms with Gasteiger partial charge in [-0.1, -0.05) is 18.6 Å². The summed E-state index contributed by atoms with van der Waals surface area (Å²) in [6.07, 6.45) is 1.64. The number of hydrogen-bond acceptors (Lipinski definition) is 1. The number of halogens is 3. The van der Waals surface area contributed by atoms with E-state index in [0.717, 1.165) is 62.9 Å². The van der Waals surface area contributed by atoms with Gasteiger partial charge in [-0.2, -0.15) is 13.2 Å². The quantitative estimate of drug-likeness (QED) is 0.812.